The molecule has 3 fully saturated rings. The highest BCUT2D eigenvalue weighted by atomic mass is 32.2. The zero-order valence-electron chi connectivity index (χ0n) is 22.6. The first-order chi connectivity index (χ1) is 19.0. The molecule has 216 valence electrons. The van der Waals surface area contributed by atoms with E-state index in [0.29, 0.717) is 68.6 Å². The smallest absolute Gasteiger partial charge is 0.335 e. The number of benzene rings is 1. The molecule has 2 atom stereocenters. The maximum absolute atomic E-state index is 13.9. The number of piperidine rings is 2. The number of likely N-dealkylation sites (tertiary alicyclic amines) is 2. The highest BCUT2D eigenvalue weighted by Gasteiger charge is 2.44. The molecule has 2 aromatic rings. The number of aromatic carboxylic acids is 1. The van der Waals surface area contributed by atoms with E-state index >= 15 is 0 Å². The van der Waals surface area contributed by atoms with Gasteiger partial charge in [0.25, 0.3) is 0 Å². The number of carbonyl (C=O) groups excluding carboxylic acids is 1. The van der Waals surface area contributed by atoms with Gasteiger partial charge in [0.2, 0.25) is 15.9 Å². The molecule has 0 radical (unpaired) electrons. The Bertz CT molecular complexity index is 1380. The minimum Gasteiger partial charge on any atom is -0.478 e. The topological polar surface area (TPSA) is 177 Å². The highest BCUT2D eigenvalue weighted by molar-refractivity contribution is 7.88. The van der Waals surface area contributed by atoms with E-state index in [1.807, 2.05) is 11.0 Å². The second-order valence-electron chi connectivity index (χ2n) is 11.2. The minimum atomic E-state index is -3.22. The van der Waals surface area contributed by atoms with Gasteiger partial charge in [-0.25, -0.2) is 22.5 Å². The standard InChI is InChI=1S/C27H37N7O5S/c1-40(38,39)33-11-7-17(8-12-33)21-14-23(34(16-21)25(35)18-5-9-32(10-6-18)27(28)29)24-30-15-22(31-24)19-3-2-4-20(13-19)26(36)37/h2-4,13,15,17-18,21,23H,5-12,14,16H2,1H3,(H3,28,29)(H,30,31)(H,36,37)/t21?,23-/m0/s1. The number of sulfonamides is 1. The Kier molecular flexibility index (Phi) is 7.87. The number of H-pyrrole nitrogens is 1. The fourth-order valence-corrected chi connectivity index (χ4v) is 7.34. The summed E-state index contributed by atoms with van der Waals surface area (Å²) in [6.45, 7) is 2.72. The zero-order valence-corrected chi connectivity index (χ0v) is 23.4. The van der Waals surface area contributed by atoms with Gasteiger partial charge in [-0.2, -0.15) is 0 Å². The summed E-state index contributed by atoms with van der Waals surface area (Å²) in [5.74, 6) is 0.133. The van der Waals surface area contributed by atoms with Crippen LogP contribution in [0.1, 0.15) is 54.3 Å². The van der Waals surface area contributed by atoms with Crippen LogP contribution in [0.15, 0.2) is 30.5 Å². The molecule has 0 saturated carbocycles. The van der Waals surface area contributed by atoms with E-state index in [4.69, 9.17) is 11.1 Å². The number of hydrogen-bond acceptors (Lipinski definition) is 6. The number of nitrogens with two attached hydrogens (primary N) is 1. The number of carbonyl (C=O) groups is 2. The Labute approximate surface area is 234 Å². The first-order valence-corrected chi connectivity index (χ1v) is 15.6. The van der Waals surface area contributed by atoms with Gasteiger partial charge in [0.05, 0.1) is 29.8 Å². The van der Waals surface area contributed by atoms with Crippen molar-refractivity contribution < 1.29 is 23.1 Å². The Hall–Kier alpha value is -3.45. The predicted octanol–water partition coefficient (Wildman–Crippen LogP) is 1.94. The molecule has 0 spiro atoms. The van der Waals surface area contributed by atoms with Crippen molar-refractivity contribution in [2.75, 3.05) is 39.0 Å². The molecule has 1 aromatic heterocycles. The highest BCUT2D eigenvalue weighted by Crippen LogP contribution is 2.42. The van der Waals surface area contributed by atoms with Crippen molar-refractivity contribution in [1.82, 2.24) is 24.1 Å². The maximum atomic E-state index is 13.9. The van der Waals surface area contributed by atoms with Crippen LogP contribution < -0.4 is 5.73 Å². The lowest BCUT2D eigenvalue weighted by molar-refractivity contribution is -0.138. The third kappa shape index (κ3) is 5.85. The van der Waals surface area contributed by atoms with Crippen molar-refractivity contribution in [3.05, 3.63) is 41.9 Å². The third-order valence-corrected chi connectivity index (χ3v) is 10.1. The van der Waals surface area contributed by atoms with E-state index < -0.39 is 16.0 Å². The summed E-state index contributed by atoms with van der Waals surface area (Å²) < 4.78 is 25.6. The predicted molar refractivity (Wildman–Crippen MR) is 149 cm³/mol. The number of hydrogen-bond donors (Lipinski definition) is 4. The number of rotatable bonds is 6. The molecule has 3 saturated heterocycles. The molecule has 0 bridgehead atoms. The molecule has 1 aromatic carbocycles. The van der Waals surface area contributed by atoms with E-state index in [0.717, 1.165) is 19.3 Å². The van der Waals surface area contributed by atoms with Crippen molar-refractivity contribution in [1.29, 1.82) is 5.41 Å². The molecule has 3 aliphatic rings. The molecule has 13 heteroatoms. The van der Waals surface area contributed by atoms with Gasteiger partial charge >= 0.3 is 5.97 Å². The van der Waals surface area contributed by atoms with E-state index in [9.17, 15) is 23.1 Å². The Morgan fingerprint density at radius 1 is 1.10 bits per heavy atom. The van der Waals surface area contributed by atoms with Gasteiger partial charge in [-0.05, 0) is 56.1 Å². The number of aromatic amines is 1. The first kappa shape index (κ1) is 28.1. The second-order valence-corrected chi connectivity index (χ2v) is 13.2. The summed E-state index contributed by atoms with van der Waals surface area (Å²) in [5.41, 5.74) is 7.22. The molecular formula is C27H37N7O5S. The van der Waals surface area contributed by atoms with Crippen LogP contribution in [-0.2, 0) is 14.8 Å². The average Bonchev–Trinajstić information content (AvgIpc) is 3.60. The quantitative estimate of drug-likeness (QED) is 0.300. The summed E-state index contributed by atoms with van der Waals surface area (Å²) in [4.78, 5) is 37.1. The Morgan fingerprint density at radius 3 is 2.42 bits per heavy atom. The number of nitrogens with zero attached hydrogens (tertiary/aromatic N) is 4. The number of aromatic nitrogens is 2. The minimum absolute atomic E-state index is 0.0283. The van der Waals surface area contributed by atoms with Crippen LogP contribution in [0.3, 0.4) is 0 Å². The SMILES string of the molecule is CS(=O)(=O)N1CCC(C2C[C@@H](c3ncc(-c4cccc(C(=O)O)c4)[nH]3)N(C(=O)C3CCN(C(=N)N)CC3)C2)CC1. The van der Waals surface area contributed by atoms with Crippen LogP contribution in [-0.4, -0.2) is 94.4 Å². The number of nitrogens with one attached hydrogen (secondary N) is 2. The molecular weight excluding hydrogens is 534 g/mol. The van der Waals surface area contributed by atoms with E-state index in [-0.39, 0.29) is 35.3 Å². The maximum Gasteiger partial charge on any atom is 0.335 e. The van der Waals surface area contributed by atoms with Crippen LogP contribution in [0.25, 0.3) is 11.3 Å². The first-order valence-electron chi connectivity index (χ1n) is 13.7. The van der Waals surface area contributed by atoms with Gasteiger partial charge in [0, 0.05) is 44.2 Å². The van der Waals surface area contributed by atoms with Crippen LogP contribution in [0.2, 0.25) is 0 Å². The molecule has 4 heterocycles. The molecule has 1 amide bonds. The van der Waals surface area contributed by atoms with Crippen LogP contribution in [0.5, 0.6) is 0 Å². The van der Waals surface area contributed by atoms with Crippen molar-refractivity contribution >= 4 is 27.9 Å². The zero-order chi connectivity index (χ0) is 28.6. The van der Waals surface area contributed by atoms with Crippen molar-refractivity contribution in [2.45, 2.75) is 38.1 Å². The summed E-state index contributed by atoms with van der Waals surface area (Å²) in [6.07, 6.45) is 6.43. The number of carboxylic acid groups (broad SMARTS) is 1. The summed E-state index contributed by atoms with van der Waals surface area (Å²) in [6, 6.07) is 6.39. The van der Waals surface area contributed by atoms with E-state index in [1.54, 1.807) is 23.2 Å². The fraction of sp³-hybridized carbons (Fsp3) is 0.556. The summed E-state index contributed by atoms with van der Waals surface area (Å²) in [7, 11) is -3.22. The lowest BCUT2D eigenvalue weighted by atomic mass is 9.83. The number of carboxylic acids is 1. The third-order valence-electron chi connectivity index (χ3n) is 8.77. The molecule has 1 unspecified atom stereocenters. The number of imidazole rings is 1. The molecule has 5 rings (SSSR count). The second kappa shape index (κ2) is 11.2. The molecule has 0 aliphatic carbocycles. The Morgan fingerprint density at radius 2 is 1.80 bits per heavy atom. The molecule has 5 N–H and O–H groups in total. The normalized spacial score (nSPS) is 23.4. The largest absolute Gasteiger partial charge is 0.478 e. The number of guanidine groups is 1. The van der Waals surface area contributed by atoms with E-state index in [1.165, 1.54) is 16.6 Å². The van der Waals surface area contributed by atoms with Gasteiger partial charge in [0.15, 0.2) is 5.96 Å². The van der Waals surface area contributed by atoms with Gasteiger partial charge < -0.3 is 25.6 Å². The Balaban J connectivity index is 1.37. The average molecular weight is 572 g/mol. The van der Waals surface area contributed by atoms with Gasteiger partial charge in [-0.1, -0.05) is 12.1 Å². The monoisotopic (exact) mass is 571 g/mol. The molecule has 40 heavy (non-hydrogen) atoms. The van der Waals surface area contributed by atoms with Gasteiger partial charge in [-0.3, -0.25) is 10.2 Å². The lowest BCUT2D eigenvalue weighted by Crippen LogP contribution is -2.46. The van der Waals surface area contributed by atoms with Crippen molar-refractivity contribution in [2.24, 2.45) is 23.5 Å². The van der Waals surface area contributed by atoms with Crippen LogP contribution in [0, 0.1) is 23.2 Å². The van der Waals surface area contributed by atoms with Crippen molar-refractivity contribution in [3.63, 3.8) is 0 Å². The molecule has 3 aliphatic heterocycles. The van der Waals surface area contributed by atoms with Crippen molar-refractivity contribution in [3.8, 4) is 11.3 Å². The van der Waals surface area contributed by atoms with E-state index in [2.05, 4.69) is 9.97 Å². The molecule has 12 nitrogen and oxygen atoms in total. The summed E-state index contributed by atoms with van der Waals surface area (Å²) in [5, 5.41) is 17.1. The van der Waals surface area contributed by atoms with Crippen LogP contribution in [0.4, 0.5) is 0 Å². The lowest BCUT2D eigenvalue weighted by Gasteiger charge is -2.35. The van der Waals surface area contributed by atoms with Gasteiger partial charge in [-0.15, -0.1) is 0 Å². The summed E-state index contributed by atoms with van der Waals surface area (Å²) >= 11 is 0. The number of amides is 1. The van der Waals surface area contributed by atoms with Crippen LogP contribution >= 0.6 is 0 Å². The fourth-order valence-electron chi connectivity index (χ4n) is 6.47. The van der Waals surface area contributed by atoms with Gasteiger partial charge in [0.1, 0.15) is 5.82 Å².